The Morgan fingerprint density at radius 1 is 0.950 bits per heavy atom. The Labute approximate surface area is 135 Å². The van der Waals surface area contributed by atoms with E-state index >= 15 is 0 Å². The molecule has 0 unspecified atom stereocenters. The van der Waals surface area contributed by atoms with Crippen molar-refractivity contribution in [3.63, 3.8) is 0 Å². The van der Waals surface area contributed by atoms with Gasteiger partial charge in [0.05, 0.1) is 15.1 Å². The van der Waals surface area contributed by atoms with Gasteiger partial charge in [-0.25, -0.2) is 0 Å². The molecule has 0 amide bonds. The molecule has 0 bridgehead atoms. The van der Waals surface area contributed by atoms with E-state index in [9.17, 15) is 0 Å². The van der Waals surface area contributed by atoms with Gasteiger partial charge in [0.2, 0.25) is 0 Å². The van der Waals surface area contributed by atoms with Gasteiger partial charge in [-0.2, -0.15) is 0 Å². The quantitative estimate of drug-likeness (QED) is 0.359. The number of nitrogens with zero attached hydrogens (tertiary/aromatic N) is 1. The third-order valence-corrected chi connectivity index (χ3v) is 4.48. The molecule has 7 heteroatoms. The van der Waals surface area contributed by atoms with Crippen LogP contribution in [0.25, 0.3) is 0 Å². The summed E-state index contributed by atoms with van der Waals surface area (Å²) < 4.78 is 0. The highest BCUT2D eigenvalue weighted by Crippen LogP contribution is 2.34. The van der Waals surface area contributed by atoms with E-state index in [2.05, 4.69) is 5.16 Å². The van der Waals surface area contributed by atoms with Gasteiger partial charge in [0.15, 0.2) is 5.84 Å². The van der Waals surface area contributed by atoms with Gasteiger partial charge in [0, 0.05) is 15.4 Å². The molecule has 3 N–H and O–H groups in total. The molecule has 2 rings (SSSR count). The number of hydrogen-bond acceptors (Lipinski definition) is 3. The van der Waals surface area contributed by atoms with Crippen molar-refractivity contribution in [2.75, 3.05) is 0 Å². The maximum Gasteiger partial charge on any atom is 0.171 e. The van der Waals surface area contributed by atoms with Crippen molar-refractivity contribution < 1.29 is 5.21 Å². The number of nitrogens with two attached hydrogens (primary N) is 1. The normalized spacial score (nSPS) is 11.7. The molecule has 0 saturated heterocycles. The molecule has 0 fully saturated rings. The maximum atomic E-state index is 8.65. The summed E-state index contributed by atoms with van der Waals surface area (Å²) in [5, 5.41) is 13.0. The molecule has 0 aromatic heterocycles. The van der Waals surface area contributed by atoms with Crippen molar-refractivity contribution in [1.29, 1.82) is 0 Å². The predicted molar refractivity (Wildman–Crippen MR) is 84.5 cm³/mol. The third-order valence-electron chi connectivity index (χ3n) is 2.45. The Balaban J connectivity index is 2.26. The SMILES string of the molecule is NC(=NO)c1ccc(Sc2ccc(Cl)c(Cl)c2)cc1Cl. The van der Waals surface area contributed by atoms with Crippen LogP contribution in [0.1, 0.15) is 5.56 Å². The molecule has 3 nitrogen and oxygen atoms in total. The summed E-state index contributed by atoms with van der Waals surface area (Å²) in [7, 11) is 0. The Bertz CT molecular complexity index is 677. The van der Waals surface area contributed by atoms with Crippen LogP contribution in [0.15, 0.2) is 51.3 Å². The largest absolute Gasteiger partial charge is 0.409 e. The number of oxime groups is 1. The molecule has 104 valence electrons. The van der Waals surface area contributed by atoms with E-state index in [4.69, 9.17) is 45.7 Å². The first-order valence-corrected chi connectivity index (χ1v) is 7.36. The van der Waals surface area contributed by atoms with Crippen LogP contribution in [-0.2, 0) is 0 Å². The van der Waals surface area contributed by atoms with E-state index in [1.807, 2.05) is 12.1 Å². The lowest BCUT2D eigenvalue weighted by molar-refractivity contribution is 0.318. The van der Waals surface area contributed by atoms with Gasteiger partial charge in [-0.3, -0.25) is 0 Å². The Morgan fingerprint density at radius 2 is 1.55 bits per heavy atom. The van der Waals surface area contributed by atoms with Crippen LogP contribution in [-0.4, -0.2) is 11.0 Å². The summed E-state index contributed by atoms with van der Waals surface area (Å²) >= 11 is 19.4. The van der Waals surface area contributed by atoms with Crippen molar-refractivity contribution in [3.8, 4) is 0 Å². The van der Waals surface area contributed by atoms with Crippen molar-refractivity contribution in [3.05, 3.63) is 57.0 Å². The van der Waals surface area contributed by atoms with Crippen molar-refractivity contribution in [2.45, 2.75) is 9.79 Å². The Morgan fingerprint density at radius 3 is 2.10 bits per heavy atom. The van der Waals surface area contributed by atoms with Gasteiger partial charge < -0.3 is 10.9 Å². The van der Waals surface area contributed by atoms with Gasteiger partial charge >= 0.3 is 0 Å². The summed E-state index contributed by atoms with van der Waals surface area (Å²) in [5.41, 5.74) is 5.99. The molecule has 0 saturated carbocycles. The first kappa shape index (κ1) is 15.3. The van der Waals surface area contributed by atoms with Crippen molar-refractivity contribution in [1.82, 2.24) is 0 Å². The second kappa shape index (κ2) is 6.59. The highest BCUT2D eigenvalue weighted by Gasteiger charge is 2.08. The molecule has 20 heavy (non-hydrogen) atoms. The highest BCUT2D eigenvalue weighted by molar-refractivity contribution is 7.99. The van der Waals surface area contributed by atoms with Gasteiger partial charge in [-0.1, -0.05) is 51.7 Å². The minimum absolute atomic E-state index is 0.0268. The molecule has 2 aromatic rings. The zero-order valence-electron chi connectivity index (χ0n) is 9.98. The second-order valence-corrected chi connectivity index (χ2v) is 6.17. The van der Waals surface area contributed by atoms with Gasteiger partial charge in [0.25, 0.3) is 0 Å². The maximum absolute atomic E-state index is 8.65. The molecular formula is C13H9Cl3N2OS. The van der Waals surface area contributed by atoms with E-state index in [0.717, 1.165) is 9.79 Å². The van der Waals surface area contributed by atoms with Crippen LogP contribution in [0.4, 0.5) is 0 Å². The lowest BCUT2D eigenvalue weighted by Gasteiger charge is -2.06. The van der Waals surface area contributed by atoms with Crippen LogP contribution in [0.2, 0.25) is 15.1 Å². The fraction of sp³-hybridized carbons (Fsp3) is 0. The minimum Gasteiger partial charge on any atom is -0.409 e. The lowest BCUT2D eigenvalue weighted by atomic mass is 10.2. The van der Waals surface area contributed by atoms with E-state index in [0.29, 0.717) is 20.6 Å². The zero-order chi connectivity index (χ0) is 14.7. The van der Waals surface area contributed by atoms with Crippen LogP contribution < -0.4 is 5.73 Å². The molecule has 0 aliphatic carbocycles. The van der Waals surface area contributed by atoms with Crippen LogP contribution in [0.5, 0.6) is 0 Å². The first-order chi connectivity index (χ1) is 9.51. The number of benzene rings is 2. The average molecular weight is 348 g/mol. The van der Waals surface area contributed by atoms with Crippen molar-refractivity contribution >= 4 is 52.4 Å². The first-order valence-electron chi connectivity index (χ1n) is 5.41. The molecule has 0 spiro atoms. The molecule has 0 aliphatic rings. The van der Waals surface area contributed by atoms with Gasteiger partial charge in [-0.05, 0) is 36.4 Å². The summed E-state index contributed by atoms with van der Waals surface area (Å²) in [6.07, 6.45) is 0. The Kier molecular flexibility index (Phi) is 5.05. The standard InChI is InChI=1S/C13H9Cl3N2OS/c14-10-4-2-8(6-12(10)16)20-7-1-3-9(11(15)5-7)13(17)18-19/h1-6,19H,(H2,17,18). The fourth-order valence-electron chi connectivity index (χ4n) is 1.50. The Hall–Kier alpha value is -1.07. The smallest absolute Gasteiger partial charge is 0.171 e. The van der Waals surface area contributed by atoms with Crippen LogP contribution in [0, 0.1) is 0 Å². The monoisotopic (exact) mass is 346 g/mol. The van der Waals surface area contributed by atoms with Crippen LogP contribution >= 0.6 is 46.6 Å². The van der Waals surface area contributed by atoms with Crippen LogP contribution in [0.3, 0.4) is 0 Å². The summed E-state index contributed by atoms with van der Waals surface area (Å²) in [6, 6.07) is 10.6. The second-order valence-electron chi connectivity index (χ2n) is 3.80. The third kappa shape index (κ3) is 3.52. The van der Waals surface area contributed by atoms with Gasteiger partial charge in [-0.15, -0.1) is 0 Å². The van der Waals surface area contributed by atoms with E-state index in [1.54, 1.807) is 24.3 Å². The fourth-order valence-corrected chi connectivity index (χ4v) is 3.10. The number of amidine groups is 1. The van der Waals surface area contributed by atoms with E-state index < -0.39 is 0 Å². The van der Waals surface area contributed by atoms with E-state index in [-0.39, 0.29) is 5.84 Å². The number of hydrogen-bond donors (Lipinski definition) is 2. The molecule has 0 aliphatic heterocycles. The lowest BCUT2D eigenvalue weighted by Crippen LogP contribution is -2.13. The van der Waals surface area contributed by atoms with Crippen molar-refractivity contribution in [2.24, 2.45) is 10.9 Å². The molecule has 0 atom stereocenters. The summed E-state index contributed by atoms with van der Waals surface area (Å²) in [5.74, 6) is -0.0268. The number of halogens is 3. The summed E-state index contributed by atoms with van der Waals surface area (Å²) in [6.45, 7) is 0. The highest BCUT2D eigenvalue weighted by atomic mass is 35.5. The average Bonchev–Trinajstić information content (AvgIpc) is 2.42. The molecule has 2 aromatic carbocycles. The minimum atomic E-state index is -0.0268. The zero-order valence-corrected chi connectivity index (χ0v) is 13.1. The predicted octanol–water partition coefficient (Wildman–Crippen LogP) is 4.89. The molecule has 0 heterocycles. The summed E-state index contributed by atoms with van der Waals surface area (Å²) in [4.78, 5) is 1.84. The topological polar surface area (TPSA) is 58.6 Å². The molecule has 0 radical (unpaired) electrons. The molecular weight excluding hydrogens is 339 g/mol. The number of rotatable bonds is 3. The van der Waals surface area contributed by atoms with E-state index in [1.165, 1.54) is 11.8 Å². The van der Waals surface area contributed by atoms with Gasteiger partial charge in [0.1, 0.15) is 0 Å².